The molecule has 35 heavy (non-hydrogen) atoms. The molecule has 0 spiro atoms. The number of ether oxygens (including phenoxy) is 1. The van der Waals surface area contributed by atoms with Crippen molar-refractivity contribution >= 4 is 23.0 Å². The summed E-state index contributed by atoms with van der Waals surface area (Å²) >= 11 is 6.63. The summed E-state index contributed by atoms with van der Waals surface area (Å²) in [5, 5.41) is 7.53. The number of aromatic nitrogens is 3. The molecule has 0 amide bonds. The van der Waals surface area contributed by atoms with Crippen molar-refractivity contribution in [1.82, 2.24) is 19.9 Å². The first-order valence-electron chi connectivity index (χ1n) is 11.9. The molecule has 0 saturated carbocycles. The molecule has 2 atom stereocenters. The maximum Gasteiger partial charge on any atom is 0.277 e. The summed E-state index contributed by atoms with van der Waals surface area (Å²) in [5.41, 5.74) is 2.77. The summed E-state index contributed by atoms with van der Waals surface area (Å²) in [6, 6.07) is 11.6. The van der Waals surface area contributed by atoms with Crippen molar-refractivity contribution in [2.45, 2.75) is 31.9 Å². The second-order valence-electron chi connectivity index (χ2n) is 8.92. The molecule has 2 N–H and O–H groups in total. The number of halogens is 1. The third-order valence-electron chi connectivity index (χ3n) is 6.53. The quantitative estimate of drug-likeness (QED) is 0.494. The number of anilines is 2. The lowest BCUT2D eigenvalue weighted by molar-refractivity contribution is 0.0384. The SMILES string of the molecule is CCO[C@H]1CNC[C@@]1(Nc1c(CC)nc(-c2ccc(N(C)C)cc2Cl)n(C)c1=O)c1ccccn1. The van der Waals surface area contributed by atoms with Gasteiger partial charge in [-0.2, -0.15) is 0 Å². The smallest absolute Gasteiger partial charge is 0.277 e. The van der Waals surface area contributed by atoms with Crippen molar-refractivity contribution in [1.29, 1.82) is 0 Å². The molecule has 1 fully saturated rings. The molecule has 1 aromatic carbocycles. The standard InChI is InChI=1S/C26H33ClN6O2/c1-6-20-23(31-26(21-10-8-9-13-29-21)16-28-15-22(26)35-7-2)25(34)33(5)24(30-20)18-12-11-17(32(3)4)14-19(18)27/h8-14,22,28,31H,6-7,15-16H2,1-5H3/t22-,26+/m0/s1. The first-order valence-corrected chi connectivity index (χ1v) is 12.3. The number of aryl methyl sites for hydroxylation is 1. The van der Waals surface area contributed by atoms with Gasteiger partial charge in [0, 0.05) is 58.3 Å². The van der Waals surface area contributed by atoms with Gasteiger partial charge in [0.05, 0.1) is 22.5 Å². The van der Waals surface area contributed by atoms with Gasteiger partial charge < -0.3 is 20.3 Å². The highest BCUT2D eigenvalue weighted by atomic mass is 35.5. The maximum atomic E-state index is 13.8. The summed E-state index contributed by atoms with van der Waals surface area (Å²) in [6.45, 7) is 5.74. The predicted octanol–water partition coefficient (Wildman–Crippen LogP) is 3.44. The van der Waals surface area contributed by atoms with E-state index in [-0.39, 0.29) is 11.7 Å². The molecular formula is C26H33ClN6O2. The van der Waals surface area contributed by atoms with Gasteiger partial charge in [-0.15, -0.1) is 0 Å². The second kappa shape index (κ2) is 10.4. The summed E-state index contributed by atoms with van der Waals surface area (Å²) in [6.07, 6.45) is 2.13. The topological polar surface area (TPSA) is 84.3 Å². The Labute approximate surface area is 211 Å². The number of hydrogen-bond donors (Lipinski definition) is 2. The maximum absolute atomic E-state index is 13.8. The minimum atomic E-state index is -0.707. The van der Waals surface area contributed by atoms with Crippen LogP contribution >= 0.6 is 11.6 Å². The van der Waals surface area contributed by atoms with Crippen LogP contribution in [0.2, 0.25) is 5.02 Å². The number of pyridine rings is 1. The first kappa shape index (κ1) is 25.2. The Kier molecular flexibility index (Phi) is 7.44. The lowest BCUT2D eigenvalue weighted by Crippen LogP contribution is -2.49. The average molecular weight is 497 g/mol. The van der Waals surface area contributed by atoms with Crippen LogP contribution in [0.1, 0.15) is 25.2 Å². The Morgan fingerprint density at radius 3 is 2.71 bits per heavy atom. The molecular weight excluding hydrogens is 464 g/mol. The highest BCUT2D eigenvalue weighted by Gasteiger charge is 2.47. The van der Waals surface area contributed by atoms with Crippen molar-refractivity contribution in [3.05, 3.63) is 69.4 Å². The molecule has 8 nitrogen and oxygen atoms in total. The van der Waals surface area contributed by atoms with E-state index in [1.165, 1.54) is 0 Å². The minimum Gasteiger partial charge on any atom is -0.378 e. The normalized spacial score (nSPS) is 19.7. The largest absolute Gasteiger partial charge is 0.378 e. The van der Waals surface area contributed by atoms with Crippen molar-refractivity contribution < 1.29 is 4.74 Å². The van der Waals surface area contributed by atoms with E-state index in [0.717, 1.165) is 11.4 Å². The molecule has 3 heterocycles. The second-order valence-corrected chi connectivity index (χ2v) is 9.33. The Morgan fingerprint density at radius 2 is 2.09 bits per heavy atom. The van der Waals surface area contributed by atoms with Gasteiger partial charge in [-0.3, -0.25) is 14.3 Å². The van der Waals surface area contributed by atoms with E-state index in [4.69, 9.17) is 21.3 Å². The number of rotatable bonds is 8. The summed E-state index contributed by atoms with van der Waals surface area (Å²) in [7, 11) is 5.64. The average Bonchev–Trinajstić information content (AvgIpc) is 3.26. The van der Waals surface area contributed by atoms with Crippen LogP contribution in [0.5, 0.6) is 0 Å². The Hall–Kier alpha value is -2.94. The Morgan fingerprint density at radius 1 is 1.29 bits per heavy atom. The van der Waals surface area contributed by atoms with Crippen LogP contribution in [0.3, 0.4) is 0 Å². The Bertz CT molecular complexity index is 1250. The van der Waals surface area contributed by atoms with E-state index in [2.05, 4.69) is 15.6 Å². The van der Waals surface area contributed by atoms with Crippen LogP contribution in [-0.2, 0) is 23.7 Å². The van der Waals surface area contributed by atoms with Crippen molar-refractivity contribution in [3.63, 3.8) is 0 Å². The fourth-order valence-electron chi connectivity index (χ4n) is 4.62. The van der Waals surface area contributed by atoms with E-state index in [1.54, 1.807) is 17.8 Å². The first-order chi connectivity index (χ1) is 16.8. The van der Waals surface area contributed by atoms with Crippen LogP contribution < -0.4 is 21.1 Å². The van der Waals surface area contributed by atoms with E-state index in [9.17, 15) is 4.79 Å². The molecule has 0 unspecified atom stereocenters. The van der Waals surface area contributed by atoms with Crippen LogP contribution in [0, 0.1) is 0 Å². The predicted molar refractivity (Wildman–Crippen MR) is 141 cm³/mol. The monoisotopic (exact) mass is 496 g/mol. The van der Waals surface area contributed by atoms with Crippen LogP contribution in [0.25, 0.3) is 11.4 Å². The third kappa shape index (κ3) is 4.66. The number of hydrogen-bond acceptors (Lipinski definition) is 7. The number of benzene rings is 1. The van der Waals surface area contributed by atoms with Gasteiger partial charge in [-0.25, -0.2) is 4.98 Å². The van der Waals surface area contributed by atoms with Crippen molar-refractivity contribution in [3.8, 4) is 11.4 Å². The lowest BCUT2D eigenvalue weighted by atomic mass is 9.90. The molecule has 186 valence electrons. The highest BCUT2D eigenvalue weighted by Crippen LogP contribution is 2.35. The van der Waals surface area contributed by atoms with Crippen LogP contribution in [0.15, 0.2) is 47.4 Å². The van der Waals surface area contributed by atoms with Gasteiger partial charge in [-0.05, 0) is 43.7 Å². The summed E-state index contributed by atoms with van der Waals surface area (Å²) < 4.78 is 7.67. The molecule has 0 radical (unpaired) electrons. The molecule has 0 aliphatic carbocycles. The molecule has 4 rings (SSSR count). The van der Waals surface area contributed by atoms with Gasteiger partial charge in [0.1, 0.15) is 17.1 Å². The van der Waals surface area contributed by atoms with Gasteiger partial charge in [0.2, 0.25) is 0 Å². The van der Waals surface area contributed by atoms with Gasteiger partial charge in [-0.1, -0.05) is 24.6 Å². The van der Waals surface area contributed by atoms with Crippen LogP contribution in [0.4, 0.5) is 11.4 Å². The van der Waals surface area contributed by atoms with E-state index in [0.29, 0.717) is 53.9 Å². The lowest BCUT2D eigenvalue weighted by Gasteiger charge is -2.36. The van der Waals surface area contributed by atoms with Crippen molar-refractivity contribution in [2.24, 2.45) is 7.05 Å². The van der Waals surface area contributed by atoms with E-state index >= 15 is 0 Å². The zero-order valence-corrected chi connectivity index (χ0v) is 21.7. The number of nitrogens with one attached hydrogen (secondary N) is 2. The van der Waals surface area contributed by atoms with Gasteiger partial charge >= 0.3 is 0 Å². The fraction of sp³-hybridized carbons (Fsp3) is 0.423. The van der Waals surface area contributed by atoms with Crippen LogP contribution in [-0.4, -0.2) is 54.4 Å². The summed E-state index contributed by atoms with van der Waals surface area (Å²) in [4.78, 5) is 25.3. The fourth-order valence-corrected chi connectivity index (χ4v) is 4.88. The summed E-state index contributed by atoms with van der Waals surface area (Å²) in [5.74, 6) is 0.533. The zero-order valence-electron chi connectivity index (χ0n) is 20.9. The molecule has 0 bridgehead atoms. The minimum absolute atomic E-state index is 0.169. The van der Waals surface area contributed by atoms with E-state index in [1.807, 2.05) is 69.2 Å². The van der Waals surface area contributed by atoms with Gasteiger partial charge in [0.25, 0.3) is 5.56 Å². The highest BCUT2D eigenvalue weighted by molar-refractivity contribution is 6.33. The van der Waals surface area contributed by atoms with Crippen molar-refractivity contribution in [2.75, 3.05) is 44.0 Å². The molecule has 2 aromatic heterocycles. The number of nitrogens with zero attached hydrogens (tertiary/aromatic N) is 4. The Balaban J connectivity index is 1.84. The van der Waals surface area contributed by atoms with E-state index < -0.39 is 5.54 Å². The molecule has 3 aromatic rings. The zero-order chi connectivity index (χ0) is 25.2. The van der Waals surface area contributed by atoms with Gasteiger partial charge in [0.15, 0.2) is 0 Å². The molecule has 1 aliphatic rings. The molecule has 1 saturated heterocycles. The molecule has 9 heteroatoms. The third-order valence-corrected chi connectivity index (χ3v) is 6.84. The molecule has 1 aliphatic heterocycles.